The molecule has 0 fully saturated rings. The largest absolute Gasteiger partial charge is 0.439 e. The molecule has 0 aliphatic heterocycles. The average molecular weight is 250 g/mol. The summed E-state index contributed by atoms with van der Waals surface area (Å²) in [5.41, 5.74) is 2.39. The Hall–Kier alpha value is -1.28. The Balaban J connectivity index is 2.21. The van der Waals surface area contributed by atoms with Crippen molar-refractivity contribution in [1.82, 2.24) is 4.98 Å². The molecule has 0 aliphatic carbocycles. The summed E-state index contributed by atoms with van der Waals surface area (Å²) in [4.78, 5) is 4.15. The molecule has 1 aromatic heterocycles. The highest BCUT2D eigenvalue weighted by molar-refractivity contribution is 6.20. The van der Waals surface area contributed by atoms with Crippen LogP contribution in [0, 0.1) is 0 Å². The van der Waals surface area contributed by atoms with Gasteiger partial charge in [0.1, 0.15) is 5.38 Å². The summed E-state index contributed by atoms with van der Waals surface area (Å²) in [5.74, 6) is 1.34. The first-order chi connectivity index (χ1) is 8.20. The highest BCUT2D eigenvalue weighted by atomic mass is 35.5. The van der Waals surface area contributed by atoms with Crippen LogP contribution in [0.1, 0.15) is 37.1 Å². The van der Waals surface area contributed by atoms with E-state index >= 15 is 0 Å². The molecule has 90 valence electrons. The second-order valence-corrected chi connectivity index (χ2v) is 4.78. The van der Waals surface area contributed by atoms with Crippen LogP contribution in [0.3, 0.4) is 0 Å². The van der Waals surface area contributed by atoms with Gasteiger partial charge in [0, 0.05) is 5.56 Å². The maximum absolute atomic E-state index is 5.91. The Morgan fingerprint density at radius 1 is 1.29 bits per heavy atom. The van der Waals surface area contributed by atoms with Gasteiger partial charge in [0.05, 0.1) is 6.20 Å². The van der Waals surface area contributed by atoms with Crippen LogP contribution in [-0.2, 0) is 6.42 Å². The molecule has 0 saturated heterocycles. The van der Waals surface area contributed by atoms with E-state index in [9.17, 15) is 0 Å². The molecule has 2 nitrogen and oxygen atoms in total. The van der Waals surface area contributed by atoms with Crippen molar-refractivity contribution < 1.29 is 4.42 Å². The van der Waals surface area contributed by atoms with Crippen molar-refractivity contribution in [2.45, 2.75) is 32.1 Å². The molecule has 0 spiro atoms. The smallest absolute Gasteiger partial charge is 0.212 e. The number of hydrogen-bond acceptors (Lipinski definition) is 2. The first kappa shape index (κ1) is 12.2. The lowest BCUT2D eigenvalue weighted by Crippen LogP contribution is -1.83. The summed E-state index contributed by atoms with van der Waals surface area (Å²) in [6.07, 6.45) is 4.00. The van der Waals surface area contributed by atoms with E-state index in [0.717, 1.165) is 24.2 Å². The van der Waals surface area contributed by atoms with Crippen LogP contribution in [0.2, 0.25) is 0 Å². The highest BCUT2D eigenvalue weighted by Gasteiger charge is 2.10. The van der Waals surface area contributed by atoms with Crippen molar-refractivity contribution in [1.29, 1.82) is 0 Å². The molecule has 1 unspecified atom stereocenters. The third kappa shape index (κ3) is 2.89. The molecule has 2 aromatic rings. The molecule has 1 heterocycles. The second kappa shape index (κ2) is 5.37. The van der Waals surface area contributed by atoms with E-state index in [1.807, 2.05) is 6.92 Å². The van der Waals surface area contributed by atoms with E-state index in [1.165, 1.54) is 5.56 Å². The van der Waals surface area contributed by atoms with Gasteiger partial charge in [0.2, 0.25) is 5.89 Å². The van der Waals surface area contributed by atoms with E-state index in [4.69, 9.17) is 16.0 Å². The number of aryl methyl sites for hydroxylation is 1. The number of alkyl halides is 1. The van der Waals surface area contributed by atoms with Gasteiger partial charge in [-0.1, -0.05) is 37.6 Å². The number of hydrogen-bond donors (Lipinski definition) is 0. The van der Waals surface area contributed by atoms with E-state index in [1.54, 1.807) is 6.20 Å². The van der Waals surface area contributed by atoms with E-state index in [0.29, 0.717) is 5.89 Å². The number of halogens is 1. The highest BCUT2D eigenvalue weighted by Crippen LogP contribution is 2.25. The minimum atomic E-state index is -0.192. The molecule has 1 atom stereocenters. The summed E-state index contributed by atoms with van der Waals surface area (Å²) < 4.78 is 5.59. The Kier molecular flexibility index (Phi) is 3.85. The SMILES string of the molecule is CCCc1ccc(-c2cnc(C(C)Cl)o2)cc1. The summed E-state index contributed by atoms with van der Waals surface area (Å²) in [7, 11) is 0. The first-order valence-corrected chi connectivity index (χ1v) is 6.33. The molecule has 0 saturated carbocycles. The predicted molar refractivity (Wildman–Crippen MR) is 70.2 cm³/mol. The topological polar surface area (TPSA) is 26.0 Å². The van der Waals surface area contributed by atoms with Gasteiger partial charge in [-0.3, -0.25) is 0 Å². The van der Waals surface area contributed by atoms with Crippen LogP contribution in [0.5, 0.6) is 0 Å². The quantitative estimate of drug-likeness (QED) is 0.741. The fourth-order valence-corrected chi connectivity index (χ4v) is 1.83. The maximum atomic E-state index is 5.91. The summed E-state index contributed by atoms with van der Waals surface area (Å²) in [6, 6.07) is 8.39. The van der Waals surface area contributed by atoms with Crippen molar-refractivity contribution in [3.05, 3.63) is 41.9 Å². The molecule has 0 aliphatic rings. The number of aromatic nitrogens is 1. The molecule has 0 bridgehead atoms. The van der Waals surface area contributed by atoms with Gasteiger partial charge < -0.3 is 4.42 Å². The van der Waals surface area contributed by atoms with Crippen LogP contribution in [0.15, 0.2) is 34.9 Å². The lowest BCUT2D eigenvalue weighted by atomic mass is 10.1. The Morgan fingerprint density at radius 2 is 2.00 bits per heavy atom. The standard InChI is InChI=1S/C14H16ClNO/c1-3-4-11-5-7-12(8-6-11)13-9-16-14(17-13)10(2)15/h5-10H,3-4H2,1-2H3. The van der Waals surface area contributed by atoms with Crippen molar-refractivity contribution in [2.75, 3.05) is 0 Å². The summed E-state index contributed by atoms with van der Waals surface area (Å²) in [6.45, 7) is 4.03. The molecule has 3 heteroatoms. The van der Waals surface area contributed by atoms with Crippen LogP contribution in [0.4, 0.5) is 0 Å². The van der Waals surface area contributed by atoms with Crippen LogP contribution >= 0.6 is 11.6 Å². The van der Waals surface area contributed by atoms with Crippen LogP contribution in [-0.4, -0.2) is 4.98 Å². The average Bonchev–Trinajstić information content (AvgIpc) is 2.80. The van der Waals surface area contributed by atoms with Gasteiger partial charge >= 0.3 is 0 Å². The molecule has 0 N–H and O–H groups in total. The second-order valence-electron chi connectivity index (χ2n) is 4.13. The summed E-state index contributed by atoms with van der Waals surface area (Å²) in [5, 5.41) is -0.192. The van der Waals surface area contributed by atoms with Crippen molar-refractivity contribution in [3.63, 3.8) is 0 Å². The number of nitrogens with zero attached hydrogens (tertiary/aromatic N) is 1. The number of rotatable bonds is 4. The van der Waals surface area contributed by atoms with Crippen molar-refractivity contribution >= 4 is 11.6 Å². The van der Waals surface area contributed by atoms with E-state index < -0.39 is 0 Å². The first-order valence-electron chi connectivity index (χ1n) is 5.89. The van der Waals surface area contributed by atoms with Crippen molar-refractivity contribution in [2.24, 2.45) is 0 Å². The molecule has 0 radical (unpaired) electrons. The lowest BCUT2D eigenvalue weighted by Gasteiger charge is -2.00. The Morgan fingerprint density at radius 3 is 2.53 bits per heavy atom. The Bertz CT molecular complexity index is 473. The Labute approximate surface area is 107 Å². The van der Waals surface area contributed by atoms with Gasteiger partial charge in [-0.15, -0.1) is 11.6 Å². The minimum absolute atomic E-state index is 0.192. The van der Waals surface area contributed by atoms with Gasteiger partial charge in [-0.2, -0.15) is 0 Å². The minimum Gasteiger partial charge on any atom is -0.439 e. The summed E-state index contributed by atoms with van der Waals surface area (Å²) >= 11 is 5.91. The molecule has 0 amide bonds. The van der Waals surface area contributed by atoms with E-state index in [2.05, 4.69) is 36.2 Å². The molecule has 17 heavy (non-hydrogen) atoms. The molecular weight excluding hydrogens is 234 g/mol. The van der Waals surface area contributed by atoms with Gasteiger partial charge in [0.15, 0.2) is 5.76 Å². The molecule has 1 aromatic carbocycles. The van der Waals surface area contributed by atoms with E-state index in [-0.39, 0.29) is 5.38 Å². The monoisotopic (exact) mass is 249 g/mol. The zero-order valence-corrected chi connectivity index (χ0v) is 10.9. The fraction of sp³-hybridized carbons (Fsp3) is 0.357. The third-order valence-corrected chi connectivity index (χ3v) is 2.83. The van der Waals surface area contributed by atoms with Crippen molar-refractivity contribution in [3.8, 4) is 11.3 Å². The van der Waals surface area contributed by atoms with Gasteiger partial charge in [0.25, 0.3) is 0 Å². The normalized spacial score (nSPS) is 12.6. The van der Waals surface area contributed by atoms with Gasteiger partial charge in [-0.25, -0.2) is 4.98 Å². The zero-order valence-electron chi connectivity index (χ0n) is 10.1. The number of oxazole rings is 1. The molecular formula is C14H16ClNO. The zero-order chi connectivity index (χ0) is 12.3. The predicted octanol–water partition coefficient (Wildman–Crippen LogP) is 4.59. The lowest BCUT2D eigenvalue weighted by molar-refractivity contribution is 0.508. The van der Waals surface area contributed by atoms with Crippen LogP contribution in [0.25, 0.3) is 11.3 Å². The van der Waals surface area contributed by atoms with Gasteiger partial charge in [-0.05, 0) is 18.9 Å². The maximum Gasteiger partial charge on any atom is 0.212 e. The third-order valence-electron chi connectivity index (χ3n) is 2.64. The molecule has 2 rings (SSSR count). The number of benzene rings is 1. The fourth-order valence-electron chi connectivity index (χ4n) is 1.73. The van der Waals surface area contributed by atoms with Crippen LogP contribution < -0.4 is 0 Å².